The van der Waals surface area contributed by atoms with Crippen molar-refractivity contribution in [2.24, 2.45) is 0 Å². The predicted molar refractivity (Wildman–Crippen MR) is 96.2 cm³/mol. The van der Waals surface area contributed by atoms with Gasteiger partial charge in [0, 0.05) is 24.1 Å². The van der Waals surface area contributed by atoms with Gasteiger partial charge >= 0.3 is 0 Å². The van der Waals surface area contributed by atoms with E-state index in [2.05, 4.69) is 19.9 Å². The van der Waals surface area contributed by atoms with Gasteiger partial charge in [0.2, 0.25) is 5.91 Å². The number of nitrogens with zero attached hydrogens (tertiary/aromatic N) is 2. The van der Waals surface area contributed by atoms with Gasteiger partial charge in [-0.25, -0.2) is 4.39 Å². The van der Waals surface area contributed by atoms with Gasteiger partial charge in [-0.3, -0.25) is 9.59 Å². The summed E-state index contributed by atoms with van der Waals surface area (Å²) in [7, 11) is 0. The van der Waals surface area contributed by atoms with Crippen molar-refractivity contribution < 1.29 is 14.0 Å². The van der Waals surface area contributed by atoms with Crippen molar-refractivity contribution in [3.8, 4) is 0 Å². The van der Waals surface area contributed by atoms with Crippen molar-refractivity contribution in [2.45, 2.75) is 25.3 Å². The summed E-state index contributed by atoms with van der Waals surface area (Å²) in [5.74, 6) is -0.662. The highest BCUT2D eigenvalue weighted by molar-refractivity contribution is 5.97. The third-order valence-electron chi connectivity index (χ3n) is 5.41. The van der Waals surface area contributed by atoms with Gasteiger partial charge < -0.3 is 9.80 Å². The number of piperazine rings is 1. The molecule has 0 N–H and O–H groups in total. The first-order valence-electron chi connectivity index (χ1n) is 8.80. The number of carbonyl (C=O) groups excluding carboxylic acids is 2. The second-order valence-corrected chi connectivity index (χ2v) is 7.70. The quantitative estimate of drug-likeness (QED) is 0.791. The summed E-state index contributed by atoms with van der Waals surface area (Å²) in [6.45, 7) is 5.45. The Morgan fingerprint density at radius 3 is 2.54 bits per heavy atom. The minimum absolute atomic E-state index is 0.0423. The average molecular weight is 352 g/mol. The zero-order valence-corrected chi connectivity index (χ0v) is 14.9. The number of rotatable bonds is 1. The molecule has 134 valence electrons. The first kappa shape index (κ1) is 16.8. The summed E-state index contributed by atoms with van der Waals surface area (Å²) in [6, 6.07) is 13.5. The van der Waals surface area contributed by atoms with Crippen LogP contribution in [0.3, 0.4) is 0 Å². The molecule has 2 aromatic carbocycles. The van der Waals surface area contributed by atoms with Crippen molar-refractivity contribution in [1.29, 1.82) is 0 Å². The highest BCUT2D eigenvalue weighted by Crippen LogP contribution is 2.41. The van der Waals surface area contributed by atoms with Crippen LogP contribution in [-0.2, 0) is 10.2 Å². The molecule has 26 heavy (non-hydrogen) atoms. The molecule has 1 fully saturated rings. The molecule has 0 aliphatic carbocycles. The Bertz CT molecular complexity index is 876. The molecule has 2 heterocycles. The molecule has 2 aromatic rings. The summed E-state index contributed by atoms with van der Waals surface area (Å²) in [6.07, 6.45) is 0. The maximum Gasteiger partial charge on any atom is 0.254 e. The van der Waals surface area contributed by atoms with Gasteiger partial charge in [-0.2, -0.15) is 0 Å². The van der Waals surface area contributed by atoms with Crippen LogP contribution >= 0.6 is 0 Å². The monoisotopic (exact) mass is 352 g/mol. The number of carbonyl (C=O) groups is 2. The molecular weight excluding hydrogens is 331 g/mol. The molecular formula is C21H21FN2O2. The van der Waals surface area contributed by atoms with Crippen LogP contribution in [0.1, 0.15) is 41.4 Å². The molecule has 4 rings (SSSR count). The van der Waals surface area contributed by atoms with Crippen LogP contribution in [0.15, 0.2) is 48.5 Å². The van der Waals surface area contributed by atoms with Crippen molar-refractivity contribution in [3.05, 3.63) is 71.0 Å². The van der Waals surface area contributed by atoms with Crippen molar-refractivity contribution in [3.63, 3.8) is 0 Å². The molecule has 1 atom stereocenters. The number of fused-ring (bicyclic) bond motifs is 3. The average Bonchev–Trinajstić information content (AvgIpc) is 2.62. The number of benzene rings is 2. The Morgan fingerprint density at radius 1 is 1.12 bits per heavy atom. The smallest absolute Gasteiger partial charge is 0.254 e. The first-order valence-corrected chi connectivity index (χ1v) is 8.80. The van der Waals surface area contributed by atoms with E-state index in [4.69, 9.17) is 0 Å². The fourth-order valence-electron chi connectivity index (χ4n) is 4.11. The molecule has 2 amide bonds. The Kier molecular flexibility index (Phi) is 3.83. The zero-order chi connectivity index (χ0) is 18.5. The first-order chi connectivity index (χ1) is 12.4. The van der Waals surface area contributed by atoms with E-state index in [1.165, 1.54) is 29.8 Å². The fraction of sp³-hybridized carbons (Fsp3) is 0.333. The molecule has 5 heteroatoms. The van der Waals surface area contributed by atoms with E-state index < -0.39 is 0 Å². The minimum atomic E-state index is -0.383. The maximum atomic E-state index is 13.1. The zero-order valence-electron chi connectivity index (χ0n) is 14.9. The Hall–Kier alpha value is -2.69. The van der Waals surface area contributed by atoms with Gasteiger partial charge in [0.25, 0.3) is 5.91 Å². The predicted octanol–water partition coefficient (Wildman–Crippen LogP) is 3.14. The van der Waals surface area contributed by atoms with E-state index in [0.29, 0.717) is 18.7 Å². The van der Waals surface area contributed by atoms with Crippen LogP contribution in [0.5, 0.6) is 0 Å². The molecule has 4 nitrogen and oxygen atoms in total. The van der Waals surface area contributed by atoms with Gasteiger partial charge in [0.15, 0.2) is 0 Å². The van der Waals surface area contributed by atoms with Crippen molar-refractivity contribution in [2.75, 3.05) is 19.6 Å². The fourth-order valence-corrected chi connectivity index (χ4v) is 4.11. The number of amides is 2. The third-order valence-corrected chi connectivity index (χ3v) is 5.41. The maximum absolute atomic E-state index is 13.1. The highest BCUT2D eigenvalue weighted by atomic mass is 19.1. The van der Waals surface area contributed by atoms with E-state index in [0.717, 1.165) is 5.56 Å². The van der Waals surface area contributed by atoms with Crippen molar-refractivity contribution >= 4 is 11.8 Å². The molecule has 2 aliphatic heterocycles. The van der Waals surface area contributed by atoms with Gasteiger partial charge in [-0.15, -0.1) is 0 Å². The topological polar surface area (TPSA) is 40.6 Å². The van der Waals surface area contributed by atoms with Gasteiger partial charge in [-0.1, -0.05) is 38.1 Å². The van der Waals surface area contributed by atoms with E-state index in [1.54, 1.807) is 4.90 Å². The number of hydrogen-bond acceptors (Lipinski definition) is 2. The number of hydrogen-bond donors (Lipinski definition) is 0. The second kappa shape index (κ2) is 5.94. The van der Waals surface area contributed by atoms with Gasteiger partial charge in [0.05, 0.1) is 6.04 Å². The molecule has 0 aromatic heterocycles. The standard InChI is InChI=1S/C21H21FN2O2/c1-21(2)13-24-18(16-5-3-4-6-17(16)21)11-23(12-19(24)25)20(26)14-7-9-15(22)10-8-14/h3-10,18H,11-13H2,1-2H3. The molecule has 1 unspecified atom stereocenters. The Balaban J connectivity index is 1.67. The van der Waals surface area contributed by atoms with Crippen LogP contribution in [-0.4, -0.2) is 41.2 Å². The lowest BCUT2D eigenvalue weighted by Crippen LogP contribution is -2.58. The second-order valence-electron chi connectivity index (χ2n) is 7.70. The Labute approximate surface area is 152 Å². The summed E-state index contributed by atoms with van der Waals surface area (Å²) >= 11 is 0. The molecule has 0 spiro atoms. The summed E-state index contributed by atoms with van der Waals surface area (Å²) in [5, 5.41) is 0. The van der Waals surface area contributed by atoms with Crippen LogP contribution in [0.25, 0.3) is 0 Å². The largest absolute Gasteiger partial charge is 0.331 e. The lowest BCUT2D eigenvalue weighted by Gasteiger charge is -2.49. The lowest BCUT2D eigenvalue weighted by atomic mass is 9.75. The third kappa shape index (κ3) is 2.68. The summed E-state index contributed by atoms with van der Waals surface area (Å²) < 4.78 is 13.1. The van der Waals surface area contributed by atoms with Gasteiger partial charge in [-0.05, 0) is 35.4 Å². The molecule has 0 bridgehead atoms. The van der Waals surface area contributed by atoms with E-state index in [-0.39, 0.29) is 35.6 Å². The van der Waals surface area contributed by atoms with Crippen LogP contribution in [0.2, 0.25) is 0 Å². The van der Waals surface area contributed by atoms with Crippen LogP contribution < -0.4 is 0 Å². The molecule has 0 radical (unpaired) electrons. The number of halogens is 1. The van der Waals surface area contributed by atoms with E-state index >= 15 is 0 Å². The van der Waals surface area contributed by atoms with Gasteiger partial charge in [0.1, 0.15) is 12.4 Å². The highest BCUT2D eigenvalue weighted by Gasteiger charge is 2.44. The van der Waals surface area contributed by atoms with Crippen LogP contribution in [0, 0.1) is 5.82 Å². The molecule has 2 aliphatic rings. The SMILES string of the molecule is CC1(C)CN2C(=O)CN(C(=O)c3ccc(F)cc3)CC2c2ccccc21. The van der Waals surface area contributed by atoms with E-state index in [1.807, 2.05) is 23.1 Å². The lowest BCUT2D eigenvalue weighted by molar-refractivity contribution is -0.140. The summed E-state index contributed by atoms with van der Waals surface area (Å²) in [5.41, 5.74) is 2.61. The van der Waals surface area contributed by atoms with E-state index in [9.17, 15) is 14.0 Å². The Morgan fingerprint density at radius 2 is 1.81 bits per heavy atom. The molecule has 1 saturated heterocycles. The normalized spacial score (nSPS) is 21.2. The van der Waals surface area contributed by atoms with Crippen LogP contribution in [0.4, 0.5) is 4.39 Å². The molecule has 0 saturated carbocycles. The minimum Gasteiger partial charge on any atom is -0.331 e. The summed E-state index contributed by atoms with van der Waals surface area (Å²) in [4.78, 5) is 29.1. The van der Waals surface area contributed by atoms with Crippen molar-refractivity contribution in [1.82, 2.24) is 9.80 Å².